The molecule has 1 aliphatic rings. The van der Waals surface area contributed by atoms with Crippen LogP contribution in [-0.2, 0) is 9.53 Å². The highest BCUT2D eigenvalue weighted by atomic mass is 32.2. The highest BCUT2D eigenvalue weighted by molar-refractivity contribution is 7.98. The van der Waals surface area contributed by atoms with Crippen molar-refractivity contribution in [2.45, 2.75) is 31.3 Å². The SMILES string of the molecule is CSCCC(NC(=O)NC1CCCOC1)C(=O)O. The van der Waals surface area contributed by atoms with Crippen LogP contribution in [0.4, 0.5) is 4.79 Å². The molecule has 1 fully saturated rings. The summed E-state index contributed by atoms with van der Waals surface area (Å²) in [5.41, 5.74) is 0. The molecule has 0 radical (unpaired) electrons. The van der Waals surface area contributed by atoms with Crippen LogP contribution in [0.25, 0.3) is 0 Å². The molecule has 1 heterocycles. The lowest BCUT2D eigenvalue weighted by Crippen LogP contribution is -2.51. The second-order valence-electron chi connectivity index (χ2n) is 4.20. The average Bonchev–Trinajstić information content (AvgIpc) is 2.35. The van der Waals surface area contributed by atoms with Gasteiger partial charge >= 0.3 is 12.0 Å². The second-order valence-corrected chi connectivity index (χ2v) is 5.19. The molecule has 104 valence electrons. The van der Waals surface area contributed by atoms with Crippen molar-refractivity contribution >= 4 is 23.8 Å². The zero-order valence-electron chi connectivity index (χ0n) is 10.5. The molecule has 0 bridgehead atoms. The number of aliphatic carboxylic acids is 1. The van der Waals surface area contributed by atoms with Gasteiger partial charge in [-0.3, -0.25) is 0 Å². The lowest BCUT2D eigenvalue weighted by atomic mass is 10.1. The summed E-state index contributed by atoms with van der Waals surface area (Å²) >= 11 is 1.56. The number of nitrogens with one attached hydrogen (secondary N) is 2. The molecule has 6 nitrogen and oxygen atoms in total. The maximum Gasteiger partial charge on any atom is 0.326 e. The molecule has 2 unspecified atom stereocenters. The van der Waals surface area contributed by atoms with E-state index in [2.05, 4.69) is 10.6 Å². The van der Waals surface area contributed by atoms with E-state index >= 15 is 0 Å². The fourth-order valence-electron chi connectivity index (χ4n) is 1.73. The first-order chi connectivity index (χ1) is 8.63. The molecule has 18 heavy (non-hydrogen) atoms. The van der Waals surface area contributed by atoms with Gasteiger partial charge in [-0.15, -0.1) is 0 Å². The van der Waals surface area contributed by atoms with Gasteiger partial charge < -0.3 is 20.5 Å². The van der Waals surface area contributed by atoms with E-state index < -0.39 is 18.0 Å². The zero-order valence-corrected chi connectivity index (χ0v) is 11.3. The third kappa shape index (κ3) is 5.59. The topological polar surface area (TPSA) is 87.7 Å². The molecule has 1 saturated heterocycles. The largest absolute Gasteiger partial charge is 0.480 e. The number of amides is 2. The lowest BCUT2D eigenvalue weighted by Gasteiger charge is -2.24. The first-order valence-electron chi connectivity index (χ1n) is 6.00. The first-order valence-corrected chi connectivity index (χ1v) is 7.39. The summed E-state index contributed by atoms with van der Waals surface area (Å²) in [6.07, 6.45) is 4.11. The van der Waals surface area contributed by atoms with Crippen molar-refractivity contribution in [1.29, 1.82) is 0 Å². The van der Waals surface area contributed by atoms with E-state index in [1.165, 1.54) is 0 Å². The number of carbonyl (C=O) groups is 2. The van der Waals surface area contributed by atoms with Gasteiger partial charge in [-0.05, 0) is 31.3 Å². The van der Waals surface area contributed by atoms with Crippen LogP contribution in [0.5, 0.6) is 0 Å². The number of hydrogen-bond acceptors (Lipinski definition) is 4. The van der Waals surface area contributed by atoms with Crippen molar-refractivity contribution in [3.8, 4) is 0 Å². The molecule has 0 aromatic heterocycles. The molecule has 3 N–H and O–H groups in total. The van der Waals surface area contributed by atoms with Gasteiger partial charge in [0, 0.05) is 6.61 Å². The molecule has 1 rings (SSSR count). The molecule has 7 heteroatoms. The monoisotopic (exact) mass is 276 g/mol. The Morgan fingerprint density at radius 3 is 2.89 bits per heavy atom. The van der Waals surface area contributed by atoms with Crippen LogP contribution < -0.4 is 10.6 Å². The quantitative estimate of drug-likeness (QED) is 0.663. The summed E-state index contributed by atoms with van der Waals surface area (Å²) < 4.78 is 5.24. The van der Waals surface area contributed by atoms with Gasteiger partial charge in [0.1, 0.15) is 6.04 Å². The summed E-state index contributed by atoms with van der Waals surface area (Å²) in [6, 6.07) is -1.28. The van der Waals surface area contributed by atoms with Crippen LogP contribution in [0, 0.1) is 0 Å². The maximum atomic E-state index is 11.6. The van der Waals surface area contributed by atoms with Crippen LogP contribution in [-0.4, -0.2) is 54.4 Å². The number of carboxylic acid groups (broad SMARTS) is 1. The molecule has 2 atom stereocenters. The number of urea groups is 1. The van der Waals surface area contributed by atoms with Crippen molar-refractivity contribution in [3.63, 3.8) is 0 Å². The minimum atomic E-state index is -1.00. The summed E-state index contributed by atoms with van der Waals surface area (Å²) in [5.74, 6) is -0.303. The Morgan fingerprint density at radius 2 is 2.33 bits per heavy atom. The van der Waals surface area contributed by atoms with Gasteiger partial charge in [0.15, 0.2) is 0 Å². The van der Waals surface area contributed by atoms with Crippen molar-refractivity contribution in [2.75, 3.05) is 25.2 Å². The number of ether oxygens (including phenoxy) is 1. The van der Waals surface area contributed by atoms with Crippen LogP contribution >= 0.6 is 11.8 Å². The fourth-order valence-corrected chi connectivity index (χ4v) is 2.20. The zero-order chi connectivity index (χ0) is 13.4. The van der Waals surface area contributed by atoms with Crippen LogP contribution in [0.3, 0.4) is 0 Å². The predicted molar refractivity (Wildman–Crippen MR) is 69.9 cm³/mol. The Labute approximate surface area is 111 Å². The Balaban J connectivity index is 2.32. The number of thioether (sulfide) groups is 1. The minimum Gasteiger partial charge on any atom is -0.480 e. The van der Waals surface area contributed by atoms with Gasteiger partial charge in [0.2, 0.25) is 0 Å². The fraction of sp³-hybridized carbons (Fsp3) is 0.818. The standard InChI is InChI=1S/C11H20N2O4S/c1-18-6-4-9(10(14)15)13-11(16)12-8-3-2-5-17-7-8/h8-9H,2-7H2,1H3,(H,14,15)(H2,12,13,16). The molecule has 0 aromatic carbocycles. The van der Waals surface area contributed by atoms with Gasteiger partial charge in [-0.2, -0.15) is 11.8 Å². The number of carbonyl (C=O) groups excluding carboxylic acids is 1. The normalized spacial score (nSPS) is 21.1. The van der Waals surface area contributed by atoms with Crippen molar-refractivity contribution in [2.24, 2.45) is 0 Å². The van der Waals surface area contributed by atoms with E-state index in [1.54, 1.807) is 11.8 Å². The smallest absolute Gasteiger partial charge is 0.326 e. The second kappa shape index (κ2) is 8.20. The first kappa shape index (κ1) is 15.1. The Hall–Kier alpha value is -0.950. The lowest BCUT2D eigenvalue weighted by molar-refractivity contribution is -0.139. The van der Waals surface area contributed by atoms with Gasteiger partial charge in [-0.1, -0.05) is 0 Å². The van der Waals surface area contributed by atoms with Gasteiger partial charge in [-0.25, -0.2) is 9.59 Å². The third-order valence-corrected chi connectivity index (χ3v) is 3.35. The van der Waals surface area contributed by atoms with Crippen LogP contribution in [0.15, 0.2) is 0 Å². The Kier molecular flexibility index (Phi) is 6.89. The third-order valence-electron chi connectivity index (χ3n) is 2.71. The van der Waals surface area contributed by atoms with E-state index in [1.807, 2.05) is 6.26 Å². The van der Waals surface area contributed by atoms with E-state index in [0.717, 1.165) is 19.4 Å². The Bertz CT molecular complexity index is 282. The van der Waals surface area contributed by atoms with Crippen molar-refractivity contribution in [3.05, 3.63) is 0 Å². The van der Waals surface area contributed by atoms with E-state index in [0.29, 0.717) is 18.8 Å². The summed E-state index contributed by atoms with van der Waals surface area (Å²) in [5, 5.41) is 14.2. The van der Waals surface area contributed by atoms with Crippen LogP contribution in [0.2, 0.25) is 0 Å². The molecule has 0 aliphatic carbocycles. The van der Waals surface area contributed by atoms with E-state index in [9.17, 15) is 9.59 Å². The maximum absolute atomic E-state index is 11.6. The number of carboxylic acids is 1. The van der Waals surface area contributed by atoms with Crippen molar-refractivity contribution < 1.29 is 19.4 Å². The molecule has 0 saturated carbocycles. The molecular formula is C11H20N2O4S. The van der Waals surface area contributed by atoms with Crippen molar-refractivity contribution in [1.82, 2.24) is 10.6 Å². The number of hydrogen-bond donors (Lipinski definition) is 3. The van der Waals surface area contributed by atoms with E-state index in [4.69, 9.17) is 9.84 Å². The molecule has 1 aliphatic heterocycles. The molecular weight excluding hydrogens is 256 g/mol. The Morgan fingerprint density at radius 1 is 1.56 bits per heavy atom. The van der Waals surface area contributed by atoms with Gasteiger partial charge in [0.25, 0.3) is 0 Å². The number of rotatable bonds is 6. The molecule has 0 spiro atoms. The van der Waals surface area contributed by atoms with Gasteiger partial charge in [0.05, 0.1) is 12.6 Å². The summed E-state index contributed by atoms with van der Waals surface area (Å²) in [7, 11) is 0. The summed E-state index contributed by atoms with van der Waals surface area (Å²) in [4.78, 5) is 22.6. The average molecular weight is 276 g/mol. The van der Waals surface area contributed by atoms with Crippen LogP contribution in [0.1, 0.15) is 19.3 Å². The predicted octanol–water partition coefficient (Wildman–Crippen LogP) is 0.671. The molecule has 0 aromatic rings. The summed E-state index contributed by atoms with van der Waals surface area (Å²) in [6.45, 7) is 1.22. The highest BCUT2D eigenvalue weighted by Crippen LogP contribution is 2.06. The highest BCUT2D eigenvalue weighted by Gasteiger charge is 2.21. The minimum absolute atomic E-state index is 0.0197. The van der Waals surface area contributed by atoms with E-state index in [-0.39, 0.29) is 6.04 Å². The molecule has 2 amide bonds.